The molecular weight excluding hydrogens is 224 g/mol. The fourth-order valence-electron chi connectivity index (χ4n) is 1.90. The average Bonchev–Trinajstić information content (AvgIpc) is 2.67. The molecule has 2 rings (SSSR count). The molecule has 2 heteroatoms. The van der Waals surface area contributed by atoms with Gasteiger partial charge in [-0.25, -0.2) is 0 Å². The molecule has 0 saturated carbocycles. The van der Waals surface area contributed by atoms with Crippen LogP contribution >= 0.6 is 0 Å². The number of furan rings is 1. The first kappa shape index (κ1) is 12.4. The van der Waals surface area contributed by atoms with Crippen LogP contribution < -0.4 is 0 Å². The maximum Gasteiger partial charge on any atom is 0.189 e. The van der Waals surface area contributed by atoms with Crippen molar-refractivity contribution in [3.63, 3.8) is 0 Å². The Morgan fingerprint density at radius 3 is 2.50 bits per heavy atom. The zero-order valence-electron chi connectivity index (χ0n) is 10.9. The minimum absolute atomic E-state index is 0.0207. The predicted molar refractivity (Wildman–Crippen MR) is 72.7 cm³/mol. The van der Waals surface area contributed by atoms with Gasteiger partial charge in [0.05, 0.1) is 5.56 Å². The number of hydrogen-bond donors (Lipinski definition) is 0. The Balaban J connectivity index is 2.22. The van der Waals surface area contributed by atoms with Gasteiger partial charge in [-0.15, -0.1) is 0 Å². The molecule has 0 aliphatic carbocycles. The third kappa shape index (κ3) is 2.59. The van der Waals surface area contributed by atoms with E-state index in [4.69, 9.17) is 4.42 Å². The van der Waals surface area contributed by atoms with Crippen molar-refractivity contribution in [2.24, 2.45) is 0 Å². The summed E-state index contributed by atoms with van der Waals surface area (Å²) in [6.45, 7) is 5.67. The molecule has 0 saturated heterocycles. The molecule has 0 fully saturated rings. The quantitative estimate of drug-likeness (QED) is 0.597. The highest BCUT2D eigenvalue weighted by Crippen LogP contribution is 2.16. The van der Waals surface area contributed by atoms with Gasteiger partial charge in [-0.1, -0.05) is 30.3 Å². The maximum atomic E-state index is 12.0. The van der Waals surface area contributed by atoms with Crippen LogP contribution in [0.3, 0.4) is 0 Å². The Bertz CT molecular complexity index is 603. The molecule has 0 radical (unpaired) electrons. The zero-order chi connectivity index (χ0) is 13.1. The SMILES string of the molecule is Cc1cc(C(=O)/C=C/c2ccccc2C)c(C)o1. The summed E-state index contributed by atoms with van der Waals surface area (Å²) in [7, 11) is 0. The maximum absolute atomic E-state index is 12.0. The number of carbonyl (C=O) groups excluding carboxylic acids is 1. The summed E-state index contributed by atoms with van der Waals surface area (Å²) in [4.78, 5) is 12.0. The van der Waals surface area contributed by atoms with Gasteiger partial charge in [0.25, 0.3) is 0 Å². The van der Waals surface area contributed by atoms with Gasteiger partial charge in [0.1, 0.15) is 11.5 Å². The summed E-state index contributed by atoms with van der Waals surface area (Å²) in [5.74, 6) is 1.42. The highest BCUT2D eigenvalue weighted by Gasteiger charge is 2.10. The number of ketones is 1. The number of allylic oxidation sites excluding steroid dienone is 1. The Hall–Kier alpha value is -2.09. The topological polar surface area (TPSA) is 30.2 Å². The summed E-state index contributed by atoms with van der Waals surface area (Å²) in [6.07, 6.45) is 3.44. The van der Waals surface area contributed by atoms with Crippen LogP contribution in [-0.4, -0.2) is 5.78 Å². The Kier molecular flexibility index (Phi) is 3.47. The molecule has 0 aliphatic heterocycles. The molecule has 0 spiro atoms. The number of rotatable bonds is 3. The predicted octanol–water partition coefficient (Wildman–Crippen LogP) is 4.10. The van der Waals surface area contributed by atoms with Crippen LogP contribution in [-0.2, 0) is 0 Å². The Morgan fingerprint density at radius 1 is 1.17 bits per heavy atom. The molecule has 1 heterocycles. The molecule has 18 heavy (non-hydrogen) atoms. The van der Waals surface area contributed by atoms with Crippen LogP contribution in [0.2, 0.25) is 0 Å². The Morgan fingerprint density at radius 2 is 1.89 bits per heavy atom. The fraction of sp³-hybridized carbons (Fsp3) is 0.188. The fourth-order valence-corrected chi connectivity index (χ4v) is 1.90. The van der Waals surface area contributed by atoms with E-state index in [0.29, 0.717) is 11.3 Å². The van der Waals surface area contributed by atoms with Gasteiger partial charge in [-0.2, -0.15) is 0 Å². The van der Waals surface area contributed by atoms with Gasteiger partial charge in [-0.3, -0.25) is 4.79 Å². The van der Waals surface area contributed by atoms with E-state index in [-0.39, 0.29) is 5.78 Å². The number of benzene rings is 1. The summed E-state index contributed by atoms with van der Waals surface area (Å²) in [5.41, 5.74) is 2.85. The summed E-state index contributed by atoms with van der Waals surface area (Å²) in [6, 6.07) is 9.74. The van der Waals surface area contributed by atoms with E-state index in [0.717, 1.165) is 16.9 Å². The monoisotopic (exact) mass is 240 g/mol. The number of carbonyl (C=O) groups is 1. The van der Waals surface area contributed by atoms with Crippen LogP contribution in [0.25, 0.3) is 6.08 Å². The summed E-state index contributed by atoms with van der Waals surface area (Å²) >= 11 is 0. The molecule has 0 N–H and O–H groups in total. The van der Waals surface area contributed by atoms with E-state index in [9.17, 15) is 4.79 Å². The van der Waals surface area contributed by atoms with Crippen molar-refractivity contribution in [2.45, 2.75) is 20.8 Å². The lowest BCUT2D eigenvalue weighted by Crippen LogP contribution is -1.94. The van der Waals surface area contributed by atoms with Crippen LogP contribution in [0.1, 0.15) is 33.0 Å². The summed E-state index contributed by atoms with van der Waals surface area (Å²) < 4.78 is 5.36. The van der Waals surface area contributed by atoms with E-state index >= 15 is 0 Å². The van der Waals surface area contributed by atoms with Crippen molar-refractivity contribution in [2.75, 3.05) is 0 Å². The van der Waals surface area contributed by atoms with Crippen molar-refractivity contribution in [1.82, 2.24) is 0 Å². The van der Waals surface area contributed by atoms with E-state index in [1.165, 1.54) is 0 Å². The second kappa shape index (κ2) is 5.05. The van der Waals surface area contributed by atoms with Crippen LogP contribution in [0.15, 0.2) is 40.8 Å². The molecule has 2 aromatic rings. The van der Waals surface area contributed by atoms with Crippen molar-refractivity contribution in [1.29, 1.82) is 0 Å². The van der Waals surface area contributed by atoms with Crippen molar-refractivity contribution in [3.8, 4) is 0 Å². The molecule has 1 aromatic heterocycles. The minimum Gasteiger partial charge on any atom is -0.466 e. The van der Waals surface area contributed by atoms with Crippen molar-refractivity contribution < 1.29 is 9.21 Å². The van der Waals surface area contributed by atoms with E-state index in [1.807, 2.05) is 51.1 Å². The molecule has 2 nitrogen and oxygen atoms in total. The van der Waals surface area contributed by atoms with Gasteiger partial charge >= 0.3 is 0 Å². The second-order valence-electron chi connectivity index (χ2n) is 4.38. The Labute approximate surface area is 107 Å². The van der Waals surface area contributed by atoms with E-state index in [1.54, 1.807) is 12.1 Å². The highest BCUT2D eigenvalue weighted by atomic mass is 16.3. The van der Waals surface area contributed by atoms with E-state index < -0.39 is 0 Å². The molecule has 92 valence electrons. The van der Waals surface area contributed by atoms with Gasteiger partial charge < -0.3 is 4.42 Å². The molecule has 0 aliphatic rings. The van der Waals surface area contributed by atoms with Gasteiger partial charge in [0.15, 0.2) is 5.78 Å². The minimum atomic E-state index is -0.0207. The van der Waals surface area contributed by atoms with Crippen molar-refractivity contribution >= 4 is 11.9 Å². The normalized spacial score (nSPS) is 11.1. The molecule has 0 unspecified atom stereocenters. The first-order chi connectivity index (χ1) is 8.58. The second-order valence-corrected chi connectivity index (χ2v) is 4.38. The third-order valence-corrected chi connectivity index (χ3v) is 2.91. The smallest absolute Gasteiger partial charge is 0.189 e. The molecule has 0 atom stereocenters. The van der Waals surface area contributed by atoms with Crippen LogP contribution in [0.5, 0.6) is 0 Å². The van der Waals surface area contributed by atoms with Crippen LogP contribution in [0.4, 0.5) is 0 Å². The lowest BCUT2D eigenvalue weighted by molar-refractivity contribution is 0.104. The molecule has 1 aromatic carbocycles. The molecule has 0 bridgehead atoms. The van der Waals surface area contributed by atoms with Gasteiger partial charge in [0, 0.05) is 0 Å². The number of aryl methyl sites for hydroxylation is 3. The number of hydrogen-bond acceptors (Lipinski definition) is 2. The molecule has 0 amide bonds. The van der Waals surface area contributed by atoms with E-state index in [2.05, 4.69) is 0 Å². The lowest BCUT2D eigenvalue weighted by atomic mass is 10.1. The van der Waals surface area contributed by atoms with Crippen molar-refractivity contribution in [3.05, 3.63) is 64.6 Å². The molecular formula is C16H16O2. The average molecular weight is 240 g/mol. The first-order valence-corrected chi connectivity index (χ1v) is 5.93. The first-order valence-electron chi connectivity index (χ1n) is 5.93. The standard InChI is InChI=1S/C16H16O2/c1-11-6-4-5-7-14(11)8-9-16(17)15-10-12(2)18-13(15)3/h4-10H,1-3H3/b9-8+. The third-order valence-electron chi connectivity index (χ3n) is 2.91. The largest absolute Gasteiger partial charge is 0.466 e. The lowest BCUT2D eigenvalue weighted by Gasteiger charge is -1.98. The highest BCUT2D eigenvalue weighted by molar-refractivity contribution is 6.07. The van der Waals surface area contributed by atoms with Gasteiger partial charge in [0.2, 0.25) is 0 Å². The van der Waals surface area contributed by atoms with Gasteiger partial charge in [-0.05, 0) is 44.0 Å². The zero-order valence-corrected chi connectivity index (χ0v) is 10.9. The van der Waals surface area contributed by atoms with Crippen LogP contribution in [0, 0.1) is 20.8 Å². The summed E-state index contributed by atoms with van der Waals surface area (Å²) in [5, 5.41) is 0.